The monoisotopic (exact) mass is 357 g/mol. The van der Waals surface area contributed by atoms with Gasteiger partial charge in [0.25, 0.3) is 5.91 Å². The average molecular weight is 357 g/mol. The summed E-state index contributed by atoms with van der Waals surface area (Å²) in [4.78, 5) is 14.6. The Bertz CT molecular complexity index is 748. The molecule has 2 aromatic rings. The quantitative estimate of drug-likeness (QED) is 0.795. The zero-order chi connectivity index (χ0) is 18.4. The summed E-state index contributed by atoms with van der Waals surface area (Å²) in [5.74, 6) is 1.84. The van der Waals surface area contributed by atoms with Crippen molar-refractivity contribution in [2.75, 3.05) is 40.5 Å². The number of carbonyl (C=O) groups is 1. The van der Waals surface area contributed by atoms with Crippen LogP contribution in [0.5, 0.6) is 17.2 Å². The second-order valence-electron chi connectivity index (χ2n) is 5.91. The summed E-state index contributed by atoms with van der Waals surface area (Å²) in [7, 11) is 3.17. The van der Waals surface area contributed by atoms with E-state index < -0.39 is 0 Å². The highest BCUT2D eigenvalue weighted by atomic mass is 16.5. The van der Waals surface area contributed by atoms with Crippen molar-refractivity contribution in [3.05, 3.63) is 54.1 Å². The number of hydrogen-bond acceptors (Lipinski definition) is 5. The van der Waals surface area contributed by atoms with E-state index >= 15 is 0 Å². The van der Waals surface area contributed by atoms with Crippen LogP contribution in [0.2, 0.25) is 0 Å². The van der Waals surface area contributed by atoms with Crippen LogP contribution in [0.1, 0.15) is 10.4 Å². The summed E-state index contributed by atoms with van der Waals surface area (Å²) < 4.78 is 22.2. The number of morpholine rings is 1. The summed E-state index contributed by atoms with van der Waals surface area (Å²) in [6, 6.07) is 14.7. The number of benzene rings is 2. The number of carbonyl (C=O) groups excluding carboxylic acids is 1. The van der Waals surface area contributed by atoms with Gasteiger partial charge in [-0.3, -0.25) is 4.79 Å². The molecule has 138 valence electrons. The molecule has 1 heterocycles. The lowest BCUT2D eigenvalue weighted by Gasteiger charge is -2.33. The molecule has 1 aliphatic heterocycles. The Morgan fingerprint density at radius 1 is 1.04 bits per heavy atom. The fourth-order valence-electron chi connectivity index (χ4n) is 2.92. The lowest BCUT2D eigenvalue weighted by Crippen LogP contribution is -2.47. The van der Waals surface area contributed by atoms with Gasteiger partial charge in [-0.1, -0.05) is 24.3 Å². The molecule has 0 radical (unpaired) electrons. The molecule has 0 saturated carbocycles. The molecule has 6 nitrogen and oxygen atoms in total. The van der Waals surface area contributed by atoms with Gasteiger partial charge in [-0.2, -0.15) is 0 Å². The van der Waals surface area contributed by atoms with Crippen LogP contribution >= 0.6 is 0 Å². The SMILES string of the molecule is COc1ccccc1OCC1CN(C(=O)c2ccccc2OC)CCO1. The van der Waals surface area contributed by atoms with Gasteiger partial charge in [-0.25, -0.2) is 0 Å². The molecule has 0 bridgehead atoms. The fourth-order valence-corrected chi connectivity index (χ4v) is 2.92. The zero-order valence-electron chi connectivity index (χ0n) is 15.0. The summed E-state index contributed by atoms with van der Waals surface area (Å²) >= 11 is 0. The van der Waals surface area contributed by atoms with E-state index in [0.29, 0.717) is 49.1 Å². The molecule has 0 aliphatic carbocycles. The van der Waals surface area contributed by atoms with Gasteiger partial charge in [0.15, 0.2) is 11.5 Å². The number of rotatable bonds is 6. The molecule has 1 fully saturated rings. The molecular weight excluding hydrogens is 334 g/mol. The maximum atomic E-state index is 12.8. The summed E-state index contributed by atoms with van der Waals surface area (Å²) in [6.07, 6.45) is -0.202. The van der Waals surface area contributed by atoms with E-state index in [1.54, 1.807) is 31.3 Å². The first-order valence-corrected chi connectivity index (χ1v) is 8.52. The van der Waals surface area contributed by atoms with E-state index in [-0.39, 0.29) is 12.0 Å². The second kappa shape index (κ2) is 8.58. The Balaban J connectivity index is 1.63. The van der Waals surface area contributed by atoms with Gasteiger partial charge in [-0.15, -0.1) is 0 Å². The van der Waals surface area contributed by atoms with Crippen LogP contribution in [0.25, 0.3) is 0 Å². The minimum absolute atomic E-state index is 0.0620. The minimum atomic E-state index is -0.202. The van der Waals surface area contributed by atoms with Crippen LogP contribution in [0, 0.1) is 0 Å². The van der Waals surface area contributed by atoms with Gasteiger partial charge in [0.1, 0.15) is 18.5 Å². The van der Waals surface area contributed by atoms with Crippen LogP contribution in [0.15, 0.2) is 48.5 Å². The predicted octanol–water partition coefficient (Wildman–Crippen LogP) is 2.62. The molecule has 0 N–H and O–H groups in total. The maximum absolute atomic E-state index is 12.8. The van der Waals surface area contributed by atoms with Gasteiger partial charge in [-0.05, 0) is 24.3 Å². The molecular formula is C20H23NO5. The molecule has 0 aromatic heterocycles. The Hall–Kier alpha value is -2.73. The highest BCUT2D eigenvalue weighted by Gasteiger charge is 2.27. The summed E-state index contributed by atoms with van der Waals surface area (Å²) in [5, 5.41) is 0. The molecule has 1 amide bonds. The summed E-state index contributed by atoms with van der Waals surface area (Å²) in [5.41, 5.74) is 0.557. The number of hydrogen-bond donors (Lipinski definition) is 0. The minimum Gasteiger partial charge on any atom is -0.496 e. The van der Waals surface area contributed by atoms with E-state index in [0.717, 1.165) is 0 Å². The van der Waals surface area contributed by atoms with Gasteiger partial charge in [0, 0.05) is 6.54 Å². The first-order chi connectivity index (χ1) is 12.7. The van der Waals surface area contributed by atoms with E-state index in [1.807, 2.05) is 36.4 Å². The van der Waals surface area contributed by atoms with Crippen molar-refractivity contribution in [2.24, 2.45) is 0 Å². The van der Waals surface area contributed by atoms with Crippen LogP contribution in [-0.4, -0.2) is 57.4 Å². The van der Waals surface area contributed by atoms with Gasteiger partial charge < -0.3 is 23.8 Å². The Labute approximate surface area is 153 Å². The first-order valence-electron chi connectivity index (χ1n) is 8.52. The Morgan fingerprint density at radius 3 is 2.42 bits per heavy atom. The van der Waals surface area contributed by atoms with E-state index in [1.165, 1.54) is 0 Å². The molecule has 1 aliphatic rings. The lowest BCUT2D eigenvalue weighted by atomic mass is 10.1. The molecule has 2 aromatic carbocycles. The normalized spacial score (nSPS) is 16.8. The first kappa shape index (κ1) is 18.1. The summed E-state index contributed by atoms with van der Waals surface area (Å²) in [6.45, 7) is 1.82. The molecule has 26 heavy (non-hydrogen) atoms. The van der Waals surface area contributed by atoms with Crippen LogP contribution in [-0.2, 0) is 4.74 Å². The molecule has 1 atom stereocenters. The smallest absolute Gasteiger partial charge is 0.257 e. The van der Waals surface area contributed by atoms with Crippen molar-refractivity contribution in [1.29, 1.82) is 0 Å². The van der Waals surface area contributed by atoms with Crippen molar-refractivity contribution in [2.45, 2.75) is 6.10 Å². The van der Waals surface area contributed by atoms with Crippen LogP contribution in [0.3, 0.4) is 0 Å². The predicted molar refractivity (Wildman–Crippen MR) is 97.1 cm³/mol. The number of ether oxygens (including phenoxy) is 4. The molecule has 3 rings (SSSR count). The van der Waals surface area contributed by atoms with Crippen molar-refractivity contribution < 1.29 is 23.7 Å². The standard InChI is InChI=1S/C20H23NO5/c1-23-17-8-4-3-7-16(17)20(22)21-11-12-25-15(13-21)14-26-19-10-6-5-9-18(19)24-2/h3-10,15H,11-14H2,1-2H3. The van der Waals surface area contributed by atoms with E-state index in [9.17, 15) is 4.79 Å². The fraction of sp³-hybridized carbons (Fsp3) is 0.350. The van der Waals surface area contributed by atoms with Crippen LogP contribution < -0.4 is 14.2 Å². The number of methoxy groups -OCH3 is 2. The van der Waals surface area contributed by atoms with Crippen LogP contribution in [0.4, 0.5) is 0 Å². The molecule has 6 heteroatoms. The van der Waals surface area contributed by atoms with Crippen molar-refractivity contribution in [1.82, 2.24) is 4.90 Å². The lowest BCUT2D eigenvalue weighted by molar-refractivity contribution is -0.0404. The average Bonchev–Trinajstić information content (AvgIpc) is 2.72. The molecule has 1 saturated heterocycles. The zero-order valence-corrected chi connectivity index (χ0v) is 15.0. The Morgan fingerprint density at radius 2 is 1.69 bits per heavy atom. The van der Waals surface area contributed by atoms with E-state index in [2.05, 4.69) is 0 Å². The van der Waals surface area contributed by atoms with Crippen molar-refractivity contribution in [3.8, 4) is 17.2 Å². The van der Waals surface area contributed by atoms with Gasteiger partial charge in [0.05, 0.1) is 32.9 Å². The number of nitrogens with zero attached hydrogens (tertiary/aromatic N) is 1. The third-order valence-corrected chi connectivity index (χ3v) is 4.26. The molecule has 0 spiro atoms. The number of amides is 1. The highest BCUT2D eigenvalue weighted by molar-refractivity contribution is 5.97. The van der Waals surface area contributed by atoms with E-state index in [4.69, 9.17) is 18.9 Å². The Kier molecular flexibility index (Phi) is 5.96. The van der Waals surface area contributed by atoms with Gasteiger partial charge >= 0.3 is 0 Å². The van der Waals surface area contributed by atoms with Crippen molar-refractivity contribution >= 4 is 5.91 Å². The third kappa shape index (κ3) is 4.08. The van der Waals surface area contributed by atoms with Crippen molar-refractivity contribution in [3.63, 3.8) is 0 Å². The third-order valence-electron chi connectivity index (χ3n) is 4.26. The number of para-hydroxylation sites is 3. The largest absolute Gasteiger partial charge is 0.496 e. The topological polar surface area (TPSA) is 57.2 Å². The second-order valence-corrected chi connectivity index (χ2v) is 5.91. The highest BCUT2D eigenvalue weighted by Crippen LogP contribution is 2.26. The maximum Gasteiger partial charge on any atom is 0.257 e. The molecule has 1 unspecified atom stereocenters. The van der Waals surface area contributed by atoms with Gasteiger partial charge in [0.2, 0.25) is 0 Å².